The van der Waals surface area contributed by atoms with Crippen LogP contribution in [0.1, 0.15) is 0 Å². The topological polar surface area (TPSA) is 3.88 Å². The summed E-state index contributed by atoms with van der Waals surface area (Å²) in [6.45, 7) is 0. The van der Waals surface area contributed by atoms with Gasteiger partial charge in [0.1, 0.15) is 7.05 Å². The molecule has 0 saturated carbocycles. The number of benzene rings is 2. The molecule has 1 nitrogen and oxygen atoms in total. The van der Waals surface area contributed by atoms with Crippen LogP contribution in [-0.2, 0) is 7.05 Å². The Morgan fingerprint density at radius 1 is 0.765 bits per heavy atom. The van der Waals surface area contributed by atoms with Gasteiger partial charge in [-0.3, -0.25) is 0 Å². The molecule has 0 saturated heterocycles. The monoisotopic (exact) mass is 220 g/mol. The Morgan fingerprint density at radius 2 is 1.59 bits per heavy atom. The smallest absolute Gasteiger partial charge is 0.176 e. The van der Waals surface area contributed by atoms with Crippen molar-refractivity contribution in [3.63, 3.8) is 0 Å². The first kappa shape index (κ1) is 10.0. The van der Waals surface area contributed by atoms with Crippen molar-refractivity contribution in [2.45, 2.75) is 0 Å². The van der Waals surface area contributed by atoms with Crippen LogP contribution in [-0.4, -0.2) is 0 Å². The second-order valence-corrected chi connectivity index (χ2v) is 4.32. The summed E-state index contributed by atoms with van der Waals surface area (Å²) in [7, 11) is 2.05. The van der Waals surface area contributed by atoms with E-state index in [1.165, 1.54) is 21.9 Å². The Balaban J connectivity index is 2.17. The molecule has 82 valence electrons. The molecule has 0 spiro atoms. The van der Waals surface area contributed by atoms with E-state index in [4.69, 9.17) is 0 Å². The molecule has 0 aliphatic carbocycles. The van der Waals surface area contributed by atoms with Gasteiger partial charge in [0.05, 0.1) is 0 Å². The number of hydrogen-bond acceptors (Lipinski definition) is 0. The van der Waals surface area contributed by atoms with Crippen LogP contribution < -0.4 is 4.57 Å². The third-order valence-corrected chi connectivity index (χ3v) is 3.03. The highest BCUT2D eigenvalue weighted by atomic mass is 14.9. The molecule has 2 aromatic carbocycles. The fraction of sp³-hybridized carbons (Fsp3) is 0.0625. The first-order valence-electron chi connectivity index (χ1n) is 5.77. The molecular weight excluding hydrogens is 206 g/mol. The van der Waals surface area contributed by atoms with Crippen LogP contribution in [0.2, 0.25) is 0 Å². The predicted octanol–water partition coefficient (Wildman–Crippen LogP) is 3.33. The van der Waals surface area contributed by atoms with Gasteiger partial charge in [-0.05, 0) is 28.6 Å². The lowest BCUT2D eigenvalue weighted by Gasteiger charge is -2.02. The molecule has 1 aromatic heterocycles. The maximum absolute atomic E-state index is 2.24. The second-order valence-electron chi connectivity index (χ2n) is 4.32. The number of pyridine rings is 1. The van der Waals surface area contributed by atoms with E-state index in [1.54, 1.807) is 0 Å². The zero-order chi connectivity index (χ0) is 11.7. The molecule has 0 aliphatic rings. The molecule has 17 heavy (non-hydrogen) atoms. The standard InChI is InChI=1S/C16H14N/c1-17-10-9-15-11-14(7-8-16(15)12-17)13-5-3-2-4-6-13/h2-12H,1H3/q+1. The summed E-state index contributed by atoms with van der Waals surface area (Å²) in [5, 5.41) is 2.55. The van der Waals surface area contributed by atoms with Crippen molar-refractivity contribution in [1.29, 1.82) is 0 Å². The summed E-state index contributed by atoms with van der Waals surface area (Å²) in [4.78, 5) is 0. The van der Waals surface area contributed by atoms with Crippen molar-refractivity contribution < 1.29 is 4.57 Å². The van der Waals surface area contributed by atoms with Crippen LogP contribution in [0.3, 0.4) is 0 Å². The van der Waals surface area contributed by atoms with E-state index >= 15 is 0 Å². The van der Waals surface area contributed by atoms with Crippen molar-refractivity contribution in [3.05, 3.63) is 67.0 Å². The highest BCUT2D eigenvalue weighted by Gasteiger charge is 2.01. The summed E-state index contributed by atoms with van der Waals surface area (Å²) in [6, 6.07) is 19.2. The van der Waals surface area contributed by atoms with E-state index in [0.717, 1.165) is 0 Å². The highest BCUT2D eigenvalue weighted by molar-refractivity contribution is 5.86. The van der Waals surface area contributed by atoms with Crippen LogP contribution in [0.5, 0.6) is 0 Å². The van der Waals surface area contributed by atoms with E-state index in [-0.39, 0.29) is 0 Å². The summed E-state index contributed by atoms with van der Waals surface area (Å²) in [5.74, 6) is 0. The minimum atomic E-state index is 1.27. The number of aryl methyl sites for hydroxylation is 1. The lowest BCUT2D eigenvalue weighted by atomic mass is 10.0. The largest absolute Gasteiger partial charge is 0.207 e. The van der Waals surface area contributed by atoms with E-state index < -0.39 is 0 Å². The molecule has 3 aromatic rings. The minimum Gasteiger partial charge on any atom is -0.207 e. The maximum atomic E-state index is 2.24. The molecule has 0 N–H and O–H groups in total. The van der Waals surface area contributed by atoms with Gasteiger partial charge < -0.3 is 0 Å². The zero-order valence-corrected chi connectivity index (χ0v) is 9.80. The average Bonchev–Trinajstić information content (AvgIpc) is 2.39. The molecule has 0 unspecified atom stereocenters. The lowest BCUT2D eigenvalue weighted by molar-refractivity contribution is -0.670. The molecule has 0 fully saturated rings. The first-order chi connectivity index (χ1) is 8.33. The van der Waals surface area contributed by atoms with Gasteiger partial charge in [-0.25, -0.2) is 4.57 Å². The third-order valence-electron chi connectivity index (χ3n) is 3.03. The molecule has 0 aliphatic heterocycles. The number of nitrogens with zero attached hydrogens (tertiary/aromatic N) is 1. The molecule has 0 amide bonds. The number of fused-ring (bicyclic) bond motifs is 1. The van der Waals surface area contributed by atoms with Gasteiger partial charge in [-0.15, -0.1) is 0 Å². The van der Waals surface area contributed by atoms with E-state index in [0.29, 0.717) is 0 Å². The van der Waals surface area contributed by atoms with Crippen LogP contribution in [0.15, 0.2) is 67.0 Å². The van der Waals surface area contributed by atoms with Crippen molar-refractivity contribution in [1.82, 2.24) is 0 Å². The van der Waals surface area contributed by atoms with Crippen LogP contribution in [0.4, 0.5) is 0 Å². The Hall–Kier alpha value is -2.15. The molecular formula is C16H14N+. The van der Waals surface area contributed by atoms with Crippen molar-refractivity contribution in [2.24, 2.45) is 7.05 Å². The maximum Gasteiger partial charge on any atom is 0.176 e. The zero-order valence-electron chi connectivity index (χ0n) is 9.80. The predicted molar refractivity (Wildman–Crippen MR) is 70.6 cm³/mol. The van der Waals surface area contributed by atoms with Crippen molar-refractivity contribution >= 4 is 10.8 Å². The van der Waals surface area contributed by atoms with Gasteiger partial charge in [-0.2, -0.15) is 0 Å². The second kappa shape index (κ2) is 4.02. The molecule has 1 heterocycles. The molecule has 0 atom stereocenters. The molecule has 1 heteroatoms. The normalized spacial score (nSPS) is 10.6. The fourth-order valence-electron chi connectivity index (χ4n) is 2.11. The van der Waals surface area contributed by atoms with Gasteiger partial charge in [0.25, 0.3) is 0 Å². The van der Waals surface area contributed by atoms with Crippen LogP contribution >= 0.6 is 0 Å². The number of aromatic nitrogens is 1. The summed E-state index contributed by atoms with van der Waals surface area (Å²) in [6.07, 6.45) is 4.22. The average molecular weight is 220 g/mol. The van der Waals surface area contributed by atoms with E-state index in [9.17, 15) is 0 Å². The molecule has 0 radical (unpaired) electrons. The summed E-state index contributed by atoms with van der Waals surface area (Å²) in [5.41, 5.74) is 2.54. The molecule has 0 bridgehead atoms. The van der Waals surface area contributed by atoms with Gasteiger partial charge in [0.15, 0.2) is 12.4 Å². The van der Waals surface area contributed by atoms with E-state index in [2.05, 4.69) is 65.5 Å². The van der Waals surface area contributed by atoms with Gasteiger partial charge in [-0.1, -0.05) is 36.4 Å². The Labute approximate surface area is 101 Å². The Kier molecular flexibility index (Phi) is 2.37. The van der Waals surface area contributed by atoms with Crippen molar-refractivity contribution in [3.8, 4) is 11.1 Å². The quantitative estimate of drug-likeness (QED) is 0.554. The lowest BCUT2D eigenvalue weighted by Crippen LogP contribution is -2.25. The van der Waals surface area contributed by atoms with Gasteiger partial charge >= 0.3 is 0 Å². The van der Waals surface area contributed by atoms with Crippen LogP contribution in [0, 0.1) is 0 Å². The van der Waals surface area contributed by atoms with Gasteiger partial charge in [0, 0.05) is 11.5 Å². The summed E-state index contributed by atoms with van der Waals surface area (Å²) < 4.78 is 2.07. The highest BCUT2D eigenvalue weighted by Crippen LogP contribution is 2.23. The van der Waals surface area contributed by atoms with Crippen LogP contribution in [0.25, 0.3) is 21.9 Å². The first-order valence-corrected chi connectivity index (χ1v) is 5.77. The fourth-order valence-corrected chi connectivity index (χ4v) is 2.11. The SMILES string of the molecule is C[n+]1ccc2cc(-c3ccccc3)ccc2c1. The third kappa shape index (κ3) is 1.92. The molecule has 3 rings (SSSR count). The minimum absolute atomic E-state index is 1.27. The Bertz CT molecular complexity index is 657. The van der Waals surface area contributed by atoms with Gasteiger partial charge in [0.2, 0.25) is 0 Å². The summed E-state index contributed by atoms with van der Waals surface area (Å²) >= 11 is 0. The van der Waals surface area contributed by atoms with E-state index in [1.807, 2.05) is 13.1 Å². The Morgan fingerprint density at radius 3 is 2.41 bits per heavy atom. The number of hydrogen-bond donors (Lipinski definition) is 0. The number of rotatable bonds is 1. The van der Waals surface area contributed by atoms with Crippen molar-refractivity contribution in [2.75, 3.05) is 0 Å².